The highest BCUT2D eigenvalue weighted by molar-refractivity contribution is 5.80. The molecule has 0 spiro atoms. The smallest absolute Gasteiger partial charge is 0.224 e. The number of nitrogens with one attached hydrogen (secondary N) is 1. The summed E-state index contributed by atoms with van der Waals surface area (Å²) in [7, 11) is 1.92. The first-order valence-electron chi connectivity index (χ1n) is 6.57. The Hall–Kier alpha value is -1.36. The standard InChI is InChI=1S/C14H26N4O/c1-13(2,3)11-10(8-18(6)17-11)7-16-9-14(4,5)12(15)19/h8,16H,7,9H2,1-6H3,(H2,15,19). The number of nitrogens with two attached hydrogens (primary N) is 1. The first-order chi connectivity index (χ1) is 8.54. The van der Waals surface area contributed by atoms with Crippen LogP contribution >= 0.6 is 0 Å². The molecular weight excluding hydrogens is 240 g/mol. The first kappa shape index (κ1) is 15.7. The van der Waals surface area contributed by atoms with Crippen LogP contribution in [-0.2, 0) is 23.8 Å². The van der Waals surface area contributed by atoms with Gasteiger partial charge < -0.3 is 11.1 Å². The van der Waals surface area contributed by atoms with E-state index < -0.39 is 5.41 Å². The van der Waals surface area contributed by atoms with E-state index >= 15 is 0 Å². The molecule has 5 heteroatoms. The van der Waals surface area contributed by atoms with Gasteiger partial charge in [0.25, 0.3) is 0 Å². The van der Waals surface area contributed by atoms with Crippen LogP contribution in [0.25, 0.3) is 0 Å². The molecule has 0 aliphatic rings. The molecule has 0 aliphatic carbocycles. The van der Waals surface area contributed by atoms with E-state index in [9.17, 15) is 4.79 Å². The molecule has 0 atom stereocenters. The van der Waals surface area contributed by atoms with Crippen LogP contribution in [0.2, 0.25) is 0 Å². The lowest BCUT2D eigenvalue weighted by Crippen LogP contribution is -2.40. The Balaban J connectivity index is 2.72. The fourth-order valence-electron chi connectivity index (χ4n) is 1.90. The van der Waals surface area contributed by atoms with E-state index in [1.54, 1.807) is 0 Å². The summed E-state index contributed by atoms with van der Waals surface area (Å²) in [6, 6.07) is 0. The van der Waals surface area contributed by atoms with E-state index in [4.69, 9.17) is 5.73 Å². The zero-order valence-electron chi connectivity index (χ0n) is 12.9. The van der Waals surface area contributed by atoms with Gasteiger partial charge in [-0.3, -0.25) is 9.48 Å². The summed E-state index contributed by atoms with van der Waals surface area (Å²) in [5.41, 5.74) is 7.08. The maximum absolute atomic E-state index is 11.3. The Morgan fingerprint density at radius 3 is 2.42 bits per heavy atom. The minimum absolute atomic E-state index is 0.0114. The Bertz CT molecular complexity index is 455. The maximum Gasteiger partial charge on any atom is 0.224 e. The molecule has 108 valence electrons. The molecule has 1 amide bonds. The van der Waals surface area contributed by atoms with Gasteiger partial charge in [-0.2, -0.15) is 5.10 Å². The van der Waals surface area contributed by atoms with Crippen molar-refractivity contribution in [2.75, 3.05) is 6.54 Å². The third-order valence-electron chi connectivity index (χ3n) is 3.16. The lowest BCUT2D eigenvalue weighted by molar-refractivity contribution is -0.125. The fourth-order valence-corrected chi connectivity index (χ4v) is 1.90. The van der Waals surface area contributed by atoms with Crippen molar-refractivity contribution in [3.05, 3.63) is 17.5 Å². The number of hydrogen-bond donors (Lipinski definition) is 2. The summed E-state index contributed by atoms with van der Waals surface area (Å²) in [6.07, 6.45) is 2.02. The predicted octanol–water partition coefficient (Wildman–Crippen LogP) is 1.32. The number of aryl methyl sites for hydroxylation is 1. The topological polar surface area (TPSA) is 72.9 Å². The monoisotopic (exact) mass is 266 g/mol. The van der Waals surface area contributed by atoms with E-state index in [0.717, 1.165) is 11.3 Å². The van der Waals surface area contributed by atoms with Crippen LogP contribution in [0, 0.1) is 5.41 Å². The second-order valence-corrected chi connectivity index (χ2v) is 6.78. The highest BCUT2D eigenvalue weighted by atomic mass is 16.1. The van der Waals surface area contributed by atoms with Crippen molar-refractivity contribution in [3.63, 3.8) is 0 Å². The largest absolute Gasteiger partial charge is 0.369 e. The summed E-state index contributed by atoms with van der Waals surface area (Å²) in [5, 5.41) is 7.81. The Morgan fingerprint density at radius 2 is 1.95 bits per heavy atom. The summed E-state index contributed by atoms with van der Waals surface area (Å²) in [6.45, 7) is 11.4. The van der Waals surface area contributed by atoms with Crippen LogP contribution in [0.15, 0.2) is 6.20 Å². The number of carbonyl (C=O) groups excluding carboxylic acids is 1. The van der Waals surface area contributed by atoms with Crippen LogP contribution in [0.3, 0.4) is 0 Å². The Labute approximate surface area is 115 Å². The molecule has 19 heavy (non-hydrogen) atoms. The van der Waals surface area contributed by atoms with Gasteiger partial charge in [0, 0.05) is 37.3 Å². The minimum Gasteiger partial charge on any atom is -0.369 e. The lowest BCUT2D eigenvalue weighted by atomic mass is 9.89. The summed E-state index contributed by atoms with van der Waals surface area (Å²) in [5.74, 6) is -0.290. The minimum atomic E-state index is -0.538. The van der Waals surface area contributed by atoms with Gasteiger partial charge in [-0.25, -0.2) is 0 Å². The van der Waals surface area contributed by atoms with Crippen LogP contribution in [0.5, 0.6) is 0 Å². The zero-order valence-corrected chi connectivity index (χ0v) is 12.9. The van der Waals surface area contributed by atoms with Crippen molar-refractivity contribution in [2.45, 2.75) is 46.6 Å². The normalized spacial score (nSPS) is 12.7. The van der Waals surface area contributed by atoms with Crippen molar-refractivity contribution < 1.29 is 4.79 Å². The SMILES string of the molecule is Cn1cc(CNCC(C)(C)C(N)=O)c(C(C)(C)C)n1. The molecule has 1 aromatic heterocycles. The van der Waals surface area contributed by atoms with E-state index in [2.05, 4.69) is 31.2 Å². The van der Waals surface area contributed by atoms with Gasteiger partial charge >= 0.3 is 0 Å². The molecule has 1 rings (SSSR count). The number of primary amides is 1. The molecule has 0 aliphatic heterocycles. The molecular formula is C14H26N4O. The average Bonchev–Trinajstić information content (AvgIpc) is 2.58. The lowest BCUT2D eigenvalue weighted by Gasteiger charge is -2.22. The van der Waals surface area contributed by atoms with Gasteiger partial charge in [-0.15, -0.1) is 0 Å². The molecule has 0 saturated carbocycles. The van der Waals surface area contributed by atoms with Crippen LogP contribution < -0.4 is 11.1 Å². The van der Waals surface area contributed by atoms with Gasteiger partial charge in [-0.05, 0) is 13.8 Å². The molecule has 1 heterocycles. The molecule has 0 radical (unpaired) electrons. The summed E-state index contributed by atoms with van der Waals surface area (Å²) >= 11 is 0. The number of rotatable bonds is 5. The van der Waals surface area contributed by atoms with Crippen molar-refractivity contribution in [1.82, 2.24) is 15.1 Å². The molecule has 0 saturated heterocycles. The first-order valence-corrected chi connectivity index (χ1v) is 6.57. The number of aromatic nitrogens is 2. The van der Waals surface area contributed by atoms with Gasteiger partial charge in [0.2, 0.25) is 5.91 Å². The van der Waals surface area contributed by atoms with Crippen LogP contribution in [0.1, 0.15) is 45.9 Å². The van der Waals surface area contributed by atoms with Crippen molar-refractivity contribution >= 4 is 5.91 Å². The maximum atomic E-state index is 11.3. The van der Waals surface area contributed by atoms with E-state index in [0.29, 0.717) is 13.1 Å². The molecule has 0 aromatic carbocycles. The second-order valence-electron chi connectivity index (χ2n) is 6.78. The fraction of sp³-hybridized carbons (Fsp3) is 0.714. The Morgan fingerprint density at radius 1 is 1.37 bits per heavy atom. The van der Waals surface area contributed by atoms with E-state index in [-0.39, 0.29) is 11.3 Å². The highest BCUT2D eigenvalue weighted by Crippen LogP contribution is 2.24. The van der Waals surface area contributed by atoms with Gasteiger partial charge in [0.1, 0.15) is 0 Å². The number of nitrogens with zero attached hydrogens (tertiary/aromatic N) is 2. The van der Waals surface area contributed by atoms with Gasteiger partial charge in [-0.1, -0.05) is 20.8 Å². The predicted molar refractivity (Wildman–Crippen MR) is 76.6 cm³/mol. The van der Waals surface area contributed by atoms with Crippen molar-refractivity contribution in [1.29, 1.82) is 0 Å². The van der Waals surface area contributed by atoms with Gasteiger partial charge in [0.05, 0.1) is 11.1 Å². The molecule has 1 aromatic rings. The highest BCUT2D eigenvalue weighted by Gasteiger charge is 2.25. The molecule has 5 nitrogen and oxygen atoms in total. The van der Waals surface area contributed by atoms with Crippen molar-refractivity contribution in [3.8, 4) is 0 Å². The van der Waals surface area contributed by atoms with Crippen LogP contribution in [0.4, 0.5) is 0 Å². The van der Waals surface area contributed by atoms with Crippen molar-refractivity contribution in [2.24, 2.45) is 18.2 Å². The number of amides is 1. The molecule has 0 unspecified atom stereocenters. The Kier molecular flexibility index (Phi) is 4.40. The molecule has 0 fully saturated rings. The number of hydrogen-bond acceptors (Lipinski definition) is 3. The molecule has 0 bridgehead atoms. The summed E-state index contributed by atoms with van der Waals surface area (Å²) < 4.78 is 1.83. The van der Waals surface area contributed by atoms with Crippen LogP contribution in [-0.4, -0.2) is 22.2 Å². The quantitative estimate of drug-likeness (QED) is 0.844. The third-order valence-corrected chi connectivity index (χ3v) is 3.16. The number of carbonyl (C=O) groups is 1. The van der Waals surface area contributed by atoms with Gasteiger partial charge in [0.15, 0.2) is 0 Å². The third kappa shape index (κ3) is 4.06. The molecule has 3 N–H and O–H groups in total. The van der Waals surface area contributed by atoms with E-state index in [1.165, 1.54) is 0 Å². The van der Waals surface area contributed by atoms with E-state index in [1.807, 2.05) is 31.8 Å². The average molecular weight is 266 g/mol. The zero-order chi connectivity index (χ0) is 14.8. The second kappa shape index (κ2) is 5.33. The summed E-state index contributed by atoms with van der Waals surface area (Å²) in [4.78, 5) is 11.3.